The summed E-state index contributed by atoms with van der Waals surface area (Å²) in [5.41, 5.74) is 0.849. The predicted molar refractivity (Wildman–Crippen MR) is 71.5 cm³/mol. The Morgan fingerprint density at radius 3 is 3.06 bits per heavy atom. The predicted octanol–water partition coefficient (Wildman–Crippen LogP) is 0.965. The SMILES string of the molecule is Cc1nccc(CNC(=O)[C@H]2CCCCN2)n1.Cl. The number of aryl methyl sites for hydroxylation is 1. The molecule has 18 heavy (non-hydrogen) atoms. The first-order chi connectivity index (χ1) is 8.25. The van der Waals surface area contributed by atoms with Crippen LogP contribution in [0.4, 0.5) is 0 Å². The highest BCUT2D eigenvalue weighted by Crippen LogP contribution is 2.07. The van der Waals surface area contributed by atoms with Gasteiger partial charge in [-0.2, -0.15) is 0 Å². The summed E-state index contributed by atoms with van der Waals surface area (Å²) < 4.78 is 0. The van der Waals surface area contributed by atoms with Crippen molar-refractivity contribution in [2.45, 2.75) is 38.8 Å². The molecule has 2 heterocycles. The average Bonchev–Trinajstić information content (AvgIpc) is 2.37. The molecule has 100 valence electrons. The van der Waals surface area contributed by atoms with Gasteiger partial charge in [-0.15, -0.1) is 12.4 Å². The van der Waals surface area contributed by atoms with Gasteiger partial charge in [0.15, 0.2) is 0 Å². The van der Waals surface area contributed by atoms with Gasteiger partial charge < -0.3 is 10.6 Å². The van der Waals surface area contributed by atoms with Gasteiger partial charge in [-0.1, -0.05) is 6.42 Å². The van der Waals surface area contributed by atoms with E-state index in [0.717, 1.165) is 37.3 Å². The van der Waals surface area contributed by atoms with Crippen molar-refractivity contribution in [3.63, 3.8) is 0 Å². The van der Waals surface area contributed by atoms with Crippen LogP contribution in [0.5, 0.6) is 0 Å². The summed E-state index contributed by atoms with van der Waals surface area (Å²) in [6.45, 7) is 3.25. The third-order valence-electron chi connectivity index (χ3n) is 2.90. The van der Waals surface area contributed by atoms with Gasteiger partial charge in [0.2, 0.25) is 5.91 Å². The van der Waals surface area contributed by atoms with Crippen molar-refractivity contribution in [3.8, 4) is 0 Å². The maximum atomic E-state index is 11.8. The fourth-order valence-corrected chi connectivity index (χ4v) is 1.98. The fourth-order valence-electron chi connectivity index (χ4n) is 1.98. The van der Waals surface area contributed by atoms with Crippen LogP contribution in [0.1, 0.15) is 30.8 Å². The topological polar surface area (TPSA) is 66.9 Å². The Labute approximate surface area is 113 Å². The number of hydrogen-bond acceptors (Lipinski definition) is 4. The quantitative estimate of drug-likeness (QED) is 0.859. The maximum absolute atomic E-state index is 11.8. The highest BCUT2D eigenvalue weighted by Gasteiger charge is 2.19. The van der Waals surface area contributed by atoms with Gasteiger partial charge in [0.1, 0.15) is 5.82 Å². The number of carbonyl (C=O) groups excluding carboxylic acids is 1. The highest BCUT2D eigenvalue weighted by molar-refractivity contribution is 5.85. The molecule has 1 aliphatic heterocycles. The molecule has 1 aromatic rings. The van der Waals surface area contributed by atoms with Crippen molar-refractivity contribution in [2.24, 2.45) is 0 Å². The average molecular weight is 271 g/mol. The van der Waals surface area contributed by atoms with Crippen LogP contribution >= 0.6 is 12.4 Å². The van der Waals surface area contributed by atoms with E-state index in [2.05, 4.69) is 20.6 Å². The minimum Gasteiger partial charge on any atom is -0.349 e. The van der Waals surface area contributed by atoms with E-state index < -0.39 is 0 Å². The molecule has 1 fully saturated rings. The summed E-state index contributed by atoms with van der Waals surface area (Å²) in [6.07, 6.45) is 4.92. The zero-order chi connectivity index (χ0) is 12.1. The van der Waals surface area contributed by atoms with Crippen molar-refractivity contribution in [1.29, 1.82) is 0 Å². The number of rotatable bonds is 3. The molecule has 1 saturated heterocycles. The number of halogens is 1. The minimum absolute atomic E-state index is 0. The van der Waals surface area contributed by atoms with Crippen molar-refractivity contribution in [1.82, 2.24) is 20.6 Å². The van der Waals surface area contributed by atoms with Gasteiger partial charge in [-0.05, 0) is 32.4 Å². The molecular weight excluding hydrogens is 252 g/mol. The van der Waals surface area contributed by atoms with E-state index in [1.165, 1.54) is 0 Å². The third-order valence-corrected chi connectivity index (χ3v) is 2.90. The standard InChI is InChI=1S/C12H18N4O.ClH/c1-9-13-7-5-10(16-9)8-15-12(17)11-4-2-3-6-14-11;/h5,7,11,14H,2-4,6,8H2,1H3,(H,15,17);1H/t11-;/m1./s1. The van der Waals surface area contributed by atoms with Crippen molar-refractivity contribution in [3.05, 3.63) is 23.8 Å². The largest absolute Gasteiger partial charge is 0.349 e. The Hall–Kier alpha value is -1.20. The second-order valence-corrected chi connectivity index (χ2v) is 4.32. The second-order valence-electron chi connectivity index (χ2n) is 4.32. The molecule has 0 saturated carbocycles. The molecule has 0 unspecified atom stereocenters. The lowest BCUT2D eigenvalue weighted by Gasteiger charge is -2.22. The maximum Gasteiger partial charge on any atom is 0.237 e. The van der Waals surface area contributed by atoms with Crippen LogP contribution in [0, 0.1) is 6.92 Å². The Balaban J connectivity index is 0.00000162. The van der Waals surface area contributed by atoms with Crippen LogP contribution in [-0.2, 0) is 11.3 Å². The number of piperidine rings is 1. The zero-order valence-corrected chi connectivity index (χ0v) is 11.3. The van der Waals surface area contributed by atoms with Crippen LogP contribution in [0.2, 0.25) is 0 Å². The summed E-state index contributed by atoms with van der Waals surface area (Å²) >= 11 is 0. The van der Waals surface area contributed by atoms with E-state index in [9.17, 15) is 4.79 Å². The molecule has 0 aliphatic carbocycles. The van der Waals surface area contributed by atoms with Crippen molar-refractivity contribution >= 4 is 18.3 Å². The number of nitrogens with one attached hydrogen (secondary N) is 2. The minimum atomic E-state index is -0.0355. The fraction of sp³-hybridized carbons (Fsp3) is 0.583. The Morgan fingerprint density at radius 1 is 1.56 bits per heavy atom. The molecular formula is C12H19ClN4O. The lowest BCUT2D eigenvalue weighted by Crippen LogP contribution is -2.46. The molecule has 6 heteroatoms. The number of nitrogens with zero attached hydrogens (tertiary/aromatic N) is 2. The molecule has 5 nitrogen and oxygen atoms in total. The summed E-state index contributed by atoms with van der Waals surface area (Å²) in [5, 5.41) is 6.13. The first-order valence-electron chi connectivity index (χ1n) is 6.05. The molecule has 2 rings (SSSR count). The van der Waals surface area contributed by atoms with E-state index in [4.69, 9.17) is 0 Å². The first-order valence-corrected chi connectivity index (χ1v) is 6.05. The zero-order valence-electron chi connectivity index (χ0n) is 10.5. The lowest BCUT2D eigenvalue weighted by molar-refractivity contribution is -0.123. The van der Waals surface area contributed by atoms with Gasteiger partial charge in [-0.3, -0.25) is 4.79 Å². The van der Waals surface area contributed by atoms with Crippen LogP contribution in [0.3, 0.4) is 0 Å². The summed E-state index contributed by atoms with van der Waals surface area (Å²) in [7, 11) is 0. The van der Waals surface area contributed by atoms with Crippen LogP contribution in [0.15, 0.2) is 12.3 Å². The molecule has 2 N–H and O–H groups in total. The second kappa shape index (κ2) is 7.28. The van der Waals surface area contributed by atoms with Crippen molar-refractivity contribution in [2.75, 3.05) is 6.54 Å². The summed E-state index contributed by atoms with van der Waals surface area (Å²) in [6, 6.07) is 1.79. The van der Waals surface area contributed by atoms with E-state index in [1.54, 1.807) is 6.20 Å². The van der Waals surface area contributed by atoms with Crippen LogP contribution in [0.25, 0.3) is 0 Å². The normalized spacial score (nSPS) is 18.8. The molecule has 1 aromatic heterocycles. The van der Waals surface area contributed by atoms with Crippen molar-refractivity contribution < 1.29 is 4.79 Å². The molecule has 0 bridgehead atoms. The van der Waals surface area contributed by atoms with Gasteiger partial charge in [0.25, 0.3) is 0 Å². The number of hydrogen-bond donors (Lipinski definition) is 2. The Kier molecular flexibility index (Phi) is 6.01. The molecule has 0 radical (unpaired) electrons. The molecule has 0 spiro atoms. The van der Waals surface area contributed by atoms with E-state index in [-0.39, 0.29) is 24.4 Å². The molecule has 1 atom stereocenters. The van der Waals surface area contributed by atoms with Gasteiger partial charge in [0.05, 0.1) is 18.3 Å². The van der Waals surface area contributed by atoms with E-state index in [0.29, 0.717) is 6.54 Å². The lowest BCUT2D eigenvalue weighted by atomic mass is 10.0. The third kappa shape index (κ3) is 4.23. The first kappa shape index (κ1) is 14.9. The Morgan fingerprint density at radius 2 is 2.39 bits per heavy atom. The van der Waals surface area contributed by atoms with E-state index in [1.807, 2.05) is 13.0 Å². The summed E-state index contributed by atoms with van der Waals surface area (Å²) in [4.78, 5) is 20.1. The Bertz CT molecular complexity index is 393. The van der Waals surface area contributed by atoms with Gasteiger partial charge in [-0.25, -0.2) is 9.97 Å². The highest BCUT2D eigenvalue weighted by atomic mass is 35.5. The molecule has 1 amide bonds. The molecule has 1 aliphatic rings. The smallest absolute Gasteiger partial charge is 0.237 e. The number of carbonyl (C=O) groups is 1. The number of amides is 1. The number of aromatic nitrogens is 2. The van der Waals surface area contributed by atoms with Gasteiger partial charge in [0, 0.05) is 6.20 Å². The summed E-state index contributed by atoms with van der Waals surface area (Å²) in [5.74, 6) is 0.800. The van der Waals surface area contributed by atoms with Crippen LogP contribution in [-0.4, -0.2) is 28.5 Å². The molecule has 0 aromatic carbocycles. The van der Waals surface area contributed by atoms with Crippen LogP contribution < -0.4 is 10.6 Å². The monoisotopic (exact) mass is 270 g/mol. The van der Waals surface area contributed by atoms with Gasteiger partial charge >= 0.3 is 0 Å². The van der Waals surface area contributed by atoms with E-state index >= 15 is 0 Å².